The highest BCUT2D eigenvalue weighted by Gasteiger charge is 2.01. The smallest absolute Gasteiger partial charge is 0.0797 e. The van der Waals surface area contributed by atoms with E-state index < -0.39 is 0 Å². The number of aliphatic hydroxyl groups is 1. The van der Waals surface area contributed by atoms with Gasteiger partial charge < -0.3 is 5.11 Å². The zero-order valence-corrected chi connectivity index (χ0v) is 6.82. The minimum absolute atomic E-state index is 0.205. The first-order valence-electron chi connectivity index (χ1n) is 3.40. The molecule has 0 unspecified atom stereocenters. The Kier molecular flexibility index (Phi) is 2.83. The first-order chi connectivity index (χ1) is 4.88. The summed E-state index contributed by atoms with van der Waals surface area (Å²) in [5, 5.41) is 8.62. The molecular formula is C7H11NOS. The Hall–Kier alpha value is -0.410. The molecule has 0 aliphatic heterocycles. The van der Waals surface area contributed by atoms with E-state index in [1.54, 1.807) is 11.3 Å². The molecule has 1 rings (SSSR count). The third kappa shape index (κ3) is 1.55. The molecule has 0 saturated heterocycles. The normalized spacial score (nSPS) is 10.2. The largest absolute Gasteiger partial charge is 0.396 e. The number of aromatic nitrogens is 1. The van der Waals surface area contributed by atoms with E-state index in [4.69, 9.17) is 5.11 Å². The number of nitrogens with zero attached hydrogens (tertiary/aromatic N) is 1. The fraction of sp³-hybridized carbons (Fsp3) is 0.571. The van der Waals surface area contributed by atoms with Crippen LogP contribution >= 0.6 is 11.3 Å². The van der Waals surface area contributed by atoms with Gasteiger partial charge in [-0.2, -0.15) is 0 Å². The molecule has 0 atom stereocenters. The van der Waals surface area contributed by atoms with Gasteiger partial charge in [-0.3, -0.25) is 0 Å². The van der Waals surface area contributed by atoms with Gasteiger partial charge in [0.15, 0.2) is 0 Å². The lowest BCUT2D eigenvalue weighted by molar-refractivity contribution is 0.298. The molecule has 0 aliphatic rings. The molecule has 0 spiro atoms. The predicted octanol–water partition coefficient (Wildman–Crippen LogP) is 1.24. The van der Waals surface area contributed by atoms with Crippen molar-refractivity contribution in [1.29, 1.82) is 0 Å². The van der Waals surface area contributed by atoms with E-state index in [-0.39, 0.29) is 6.61 Å². The lowest BCUT2D eigenvalue weighted by Crippen LogP contribution is -1.93. The Morgan fingerprint density at radius 2 is 2.50 bits per heavy atom. The van der Waals surface area contributed by atoms with E-state index in [1.165, 1.54) is 4.88 Å². The van der Waals surface area contributed by atoms with Gasteiger partial charge in [0, 0.05) is 17.9 Å². The Morgan fingerprint density at radius 1 is 1.70 bits per heavy atom. The number of thiazole rings is 1. The van der Waals surface area contributed by atoms with Crippen molar-refractivity contribution in [3.05, 3.63) is 16.1 Å². The van der Waals surface area contributed by atoms with Crippen molar-refractivity contribution >= 4 is 11.3 Å². The van der Waals surface area contributed by atoms with Crippen LogP contribution in [0.2, 0.25) is 0 Å². The molecule has 0 amide bonds. The molecule has 0 radical (unpaired) electrons. The SMILES string of the molecule is CCc1scnc1CCO. The summed E-state index contributed by atoms with van der Waals surface area (Å²) in [7, 11) is 0. The van der Waals surface area contributed by atoms with Crippen LogP contribution in [0.3, 0.4) is 0 Å². The molecule has 1 heterocycles. The molecule has 1 aromatic heterocycles. The van der Waals surface area contributed by atoms with Gasteiger partial charge in [0.25, 0.3) is 0 Å². The topological polar surface area (TPSA) is 33.1 Å². The molecule has 2 nitrogen and oxygen atoms in total. The van der Waals surface area contributed by atoms with Gasteiger partial charge in [0.1, 0.15) is 0 Å². The van der Waals surface area contributed by atoms with Gasteiger partial charge in [-0.05, 0) is 6.42 Å². The van der Waals surface area contributed by atoms with Crippen LogP contribution < -0.4 is 0 Å². The van der Waals surface area contributed by atoms with Crippen LogP contribution in [-0.2, 0) is 12.8 Å². The molecule has 10 heavy (non-hydrogen) atoms. The molecule has 0 fully saturated rings. The van der Waals surface area contributed by atoms with E-state index in [2.05, 4.69) is 11.9 Å². The van der Waals surface area contributed by atoms with Crippen molar-refractivity contribution < 1.29 is 5.11 Å². The van der Waals surface area contributed by atoms with Crippen molar-refractivity contribution in [1.82, 2.24) is 4.98 Å². The highest BCUT2D eigenvalue weighted by atomic mass is 32.1. The average molecular weight is 157 g/mol. The summed E-state index contributed by atoms with van der Waals surface area (Å²) in [6.45, 7) is 2.31. The third-order valence-corrected chi connectivity index (χ3v) is 2.41. The number of hydrogen-bond donors (Lipinski definition) is 1. The van der Waals surface area contributed by atoms with Crippen molar-refractivity contribution in [2.24, 2.45) is 0 Å². The molecule has 3 heteroatoms. The maximum absolute atomic E-state index is 8.62. The molecule has 1 aromatic rings. The van der Waals surface area contributed by atoms with Gasteiger partial charge in [0.05, 0.1) is 11.2 Å². The van der Waals surface area contributed by atoms with Gasteiger partial charge in [-0.25, -0.2) is 4.98 Å². The number of aliphatic hydroxyl groups excluding tert-OH is 1. The summed E-state index contributed by atoms with van der Waals surface area (Å²) in [6.07, 6.45) is 1.73. The molecule has 0 aromatic carbocycles. The first kappa shape index (κ1) is 7.69. The van der Waals surface area contributed by atoms with Gasteiger partial charge in [-0.15, -0.1) is 11.3 Å². The highest BCUT2D eigenvalue weighted by Crippen LogP contribution is 2.13. The average Bonchev–Trinajstić information content (AvgIpc) is 2.36. The Morgan fingerprint density at radius 3 is 3.10 bits per heavy atom. The van der Waals surface area contributed by atoms with Crippen molar-refractivity contribution in [3.63, 3.8) is 0 Å². The van der Waals surface area contributed by atoms with Gasteiger partial charge in [0.2, 0.25) is 0 Å². The first-order valence-corrected chi connectivity index (χ1v) is 4.28. The predicted molar refractivity (Wildman–Crippen MR) is 42.3 cm³/mol. The Bertz CT molecular complexity index is 197. The van der Waals surface area contributed by atoms with Crippen LogP contribution in [0.5, 0.6) is 0 Å². The zero-order valence-electron chi connectivity index (χ0n) is 6.00. The molecule has 0 saturated carbocycles. The van der Waals surface area contributed by atoms with E-state index >= 15 is 0 Å². The maximum atomic E-state index is 8.62. The second-order valence-corrected chi connectivity index (χ2v) is 2.99. The van der Waals surface area contributed by atoms with Gasteiger partial charge >= 0.3 is 0 Å². The molecule has 0 aliphatic carbocycles. The number of aryl methyl sites for hydroxylation is 1. The quantitative estimate of drug-likeness (QED) is 0.716. The summed E-state index contributed by atoms with van der Waals surface area (Å²) < 4.78 is 0. The monoisotopic (exact) mass is 157 g/mol. The minimum atomic E-state index is 0.205. The summed E-state index contributed by atoms with van der Waals surface area (Å²) in [4.78, 5) is 5.44. The lowest BCUT2D eigenvalue weighted by atomic mass is 10.2. The number of hydrogen-bond acceptors (Lipinski definition) is 3. The standard InChI is InChI=1S/C7H11NOS/c1-2-7-6(3-4-9)8-5-10-7/h5,9H,2-4H2,1H3. The van der Waals surface area contributed by atoms with Crippen LogP contribution in [0.25, 0.3) is 0 Å². The fourth-order valence-corrected chi connectivity index (χ4v) is 1.66. The van der Waals surface area contributed by atoms with Crippen LogP contribution in [0.15, 0.2) is 5.51 Å². The van der Waals surface area contributed by atoms with Crippen molar-refractivity contribution in [2.75, 3.05) is 6.61 Å². The molecular weight excluding hydrogens is 146 g/mol. The second-order valence-electron chi connectivity index (χ2n) is 2.05. The molecule has 1 N–H and O–H groups in total. The van der Waals surface area contributed by atoms with Gasteiger partial charge in [-0.1, -0.05) is 6.92 Å². The molecule has 56 valence electrons. The van der Waals surface area contributed by atoms with E-state index in [9.17, 15) is 0 Å². The molecule has 0 bridgehead atoms. The van der Waals surface area contributed by atoms with E-state index in [0.29, 0.717) is 6.42 Å². The zero-order chi connectivity index (χ0) is 7.40. The Balaban J connectivity index is 2.70. The second kappa shape index (κ2) is 3.68. The van der Waals surface area contributed by atoms with Crippen LogP contribution in [0.1, 0.15) is 17.5 Å². The minimum Gasteiger partial charge on any atom is -0.396 e. The Labute approximate surface area is 64.5 Å². The summed E-state index contributed by atoms with van der Waals surface area (Å²) in [6, 6.07) is 0. The highest BCUT2D eigenvalue weighted by molar-refractivity contribution is 7.09. The van der Waals surface area contributed by atoms with Crippen LogP contribution in [0, 0.1) is 0 Å². The van der Waals surface area contributed by atoms with E-state index in [0.717, 1.165) is 12.1 Å². The van der Waals surface area contributed by atoms with Crippen LogP contribution in [0.4, 0.5) is 0 Å². The van der Waals surface area contributed by atoms with E-state index in [1.807, 2.05) is 5.51 Å². The van der Waals surface area contributed by atoms with Crippen molar-refractivity contribution in [3.8, 4) is 0 Å². The summed E-state index contributed by atoms with van der Waals surface area (Å²) >= 11 is 1.67. The maximum Gasteiger partial charge on any atom is 0.0797 e. The third-order valence-electron chi connectivity index (χ3n) is 1.40. The summed E-state index contributed by atoms with van der Waals surface area (Å²) in [5.74, 6) is 0. The van der Waals surface area contributed by atoms with Crippen LogP contribution in [-0.4, -0.2) is 16.7 Å². The number of rotatable bonds is 3. The van der Waals surface area contributed by atoms with Crippen molar-refractivity contribution in [2.45, 2.75) is 19.8 Å². The fourth-order valence-electron chi connectivity index (χ4n) is 0.891. The lowest BCUT2D eigenvalue weighted by Gasteiger charge is -1.94. The summed E-state index contributed by atoms with van der Waals surface area (Å²) in [5.41, 5.74) is 2.90.